The Hall–Kier alpha value is -1.14. The van der Waals surface area contributed by atoms with Crippen LogP contribution < -0.4 is 11.1 Å². The van der Waals surface area contributed by atoms with Crippen LogP contribution in [0, 0.1) is 0 Å². The topological polar surface area (TPSA) is 67.6 Å². The number of benzene rings is 1. The lowest BCUT2D eigenvalue weighted by Crippen LogP contribution is -2.37. The van der Waals surface area contributed by atoms with E-state index >= 15 is 0 Å². The summed E-state index contributed by atoms with van der Waals surface area (Å²) in [7, 11) is 0. The van der Waals surface area contributed by atoms with E-state index in [2.05, 4.69) is 22.3 Å². The van der Waals surface area contributed by atoms with Crippen LogP contribution in [-0.4, -0.2) is 50.2 Å². The van der Waals surface area contributed by atoms with Crippen molar-refractivity contribution in [3.05, 3.63) is 29.8 Å². The van der Waals surface area contributed by atoms with Gasteiger partial charge in [0.2, 0.25) is 5.91 Å². The van der Waals surface area contributed by atoms with Crippen LogP contribution in [0.15, 0.2) is 24.3 Å². The Morgan fingerprint density at radius 3 is 2.52 bits per heavy atom. The number of anilines is 1. The first-order chi connectivity index (χ1) is 9.78. The molecule has 0 atom stereocenters. The first-order valence-electron chi connectivity index (χ1n) is 7.17. The van der Waals surface area contributed by atoms with E-state index < -0.39 is 0 Å². The zero-order valence-corrected chi connectivity index (χ0v) is 13.0. The van der Waals surface area contributed by atoms with Crippen LogP contribution in [0.25, 0.3) is 0 Å². The maximum Gasteiger partial charge on any atom is 0.225 e. The van der Waals surface area contributed by atoms with Gasteiger partial charge in [-0.2, -0.15) is 0 Å². The Morgan fingerprint density at radius 2 is 1.90 bits per heavy atom. The third-order valence-corrected chi connectivity index (χ3v) is 3.43. The van der Waals surface area contributed by atoms with Crippen LogP contribution in [0.1, 0.15) is 12.0 Å². The van der Waals surface area contributed by atoms with Crippen molar-refractivity contribution in [1.82, 2.24) is 4.90 Å². The van der Waals surface area contributed by atoms with Gasteiger partial charge in [0.1, 0.15) is 0 Å². The van der Waals surface area contributed by atoms with Crippen molar-refractivity contribution in [1.29, 1.82) is 0 Å². The third-order valence-electron chi connectivity index (χ3n) is 3.43. The minimum atomic E-state index is -0.0337. The summed E-state index contributed by atoms with van der Waals surface area (Å²) in [6, 6.07) is 8.03. The molecule has 6 heteroatoms. The highest BCUT2D eigenvalue weighted by Gasteiger charge is 2.09. The number of hydrogen-bond donors (Lipinski definition) is 2. The summed E-state index contributed by atoms with van der Waals surface area (Å²) in [6.07, 6.45) is 1.38. The fourth-order valence-corrected chi connectivity index (χ4v) is 2.22. The molecule has 1 aromatic carbocycles. The molecular weight excluding hydrogens is 290 g/mol. The van der Waals surface area contributed by atoms with Gasteiger partial charge < -0.3 is 15.8 Å². The molecule has 5 nitrogen and oxygen atoms in total. The van der Waals surface area contributed by atoms with Gasteiger partial charge in [-0.15, -0.1) is 12.4 Å². The summed E-state index contributed by atoms with van der Waals surface area (Å²) in [6.45, 7) is 5.16. The summed E-state index contributed by atoms with van der Waals surface area (Å²) >= 11 is 0. The minimum Gasteiger partial charge on any atom is -0.379 e. The average molecular weight is 314 g/mol. The van der Waals surface area contributed by atoms with Gasteiger partial charge in [0, 0.05) is 38.3 Å². The predicted molar refractivity (Wildman–Crippen MR) is 87.0 cm³/mol. The van der Waals surface area contributed by atoms with Crippen molar-refractivity contribution >= 4 is 24.0 Å². The Labute approximate surface area is 132 Å². The minimum absolute atomic E-state index is 0. The highest BCUT2D eigenvalue weighted by atomic mass is 35.5. The number of nitrogens with two attached hydrogens (primary N) is 1. The highest BCUT2D eigenvalue weighted by Crippen LogP contribution is 2.11. The second kappa shape index (κ2) is 9.73. The van der Waals surface area contributed by atoms with Crippen molar-refractivity contribution in [2.24, 2.45) is 5.73 Å². The van der Waals surface area contributed by atoms with Gasteiger partial charge in [-0.25, -0.2) is 0 Å². The Morgan fingerprint density at radius 1 is 1.24 bits per heavy atom. The molecule has 0 aromatic heterocycles. The first-order valence-corrected chi connectivity index (χ1v) is 7.17. The largest absolute Gasteiger partial charge is 0.379 e. The van der Waals surface area contributed by atoms with E-state index in [1.165, 1.54) is 5.56 Å². The van der Waals surface area contributed by atoms with Crippen LogP contribution in [0.3, 0.4) is 0 Å². The van der Waals surface area contributed by atoms with E-state index in [1.54, 1.807) is 0 Å². The number of carbonyl (C=O) groups excluding carboxylic acids is 1. The smallest absolute Gasteiger partial charge is 0.225 e. The van der Waals surface area contributed by atoms with E-state index in [0.717, 1.165) is 45.0 Å². The molecule has 1 aromatic rings. The van der Waals surface area contributed by atoms with Gasteiger partial charge in [-0.3, -0.25) is 9.69 Å². The lowest BCUT2D eigenvalue weighted by Gasteiger charge is -2.26. The normalized spacial score (nSPS) is 15.3. The molecule has 0 aliphatic carbocycles. The fraction of sp³-hybridized carbons (Fsp3) is 0.533. The zero-order chi connectivity index (χ0) is 14.2. The third kappa shape index (κ3) is 6.44. The molecule has 1 heterocycles. The summed E-state index contributed by atoms with van der Waals surface area (Å²) in [5.41, 5.74) is 7.46. The second-order valence-corrected chi connectivity index (χ2v) is 4.99. The standard InChI is InChI=1S/C15H23N3O2.ClH/c16-7-5-15(19)17-14-3-1-13(2-4-14)6-8-18-9-11-20-12-10-18;/h1-4H,5-12,16H2,(H,17,19);1H. The molecule has 0 spiro atoms. The highest BCUT2D eigenvalue weighted by molar-refractivity contribution is 5.90. The molecule has 0 bridgehead atoms. The van der Waals surface area contributed by atoms with E-state index in [0.29, 0.717) is 13.0 Å². The van der Waals surface area contributed by atoms with Crippen molar-refractivity contribution < 1.29 is 9.53 Å². The van der Waals surface area contributed by atoms with Crippen molar-refractivity contribution in [3.63, 3.8) is 0 Å². The predicted octanol–water partition coefficient (Wildman–Crippen LogP) is 1.27. The monoisotopic (exact) mass is 313 g/mol. The number of nitrogens with one attached hydrogen (secondary N) is 1. The van der Waals surface area contributed by atoms with Crippen LogP contribution in [-0.2, 0) is 16.0 Å². The maximum atomic E-state index is 11.4. The van der Waals surface area contributed by atoms with Gasteiger partial charge in [0.05, 0.1) is 13.2 Å². The lowest BCUT2D eigenvalue weighted by molar-refractivity contribution is -0.116. The molecule has 21 heavy (non-hydrogen) atoms. The molecule has 2 rings (SSSR count). The lowest BCUT2D eigenvalue weighted by atomic mass is 10.1. The average Bonchev–Trinajstić information content (AvgIpc) is 2.48. The molecule has 1 amide bonds. The number of morpholine rings is 1. The molecule has 1 fully saturated rings. The second-order valence-electron chi connectivity index (χ2n) is 4.99. The van der Waals surface area contributed by atoms with Crippen LogP contribution >= 0.6 is 12.4 Å². The quantitative estimate of drug-likeness (QED) is 0.830. The number of hydrogen-bond acceptors (Lipinski definition) is 4. The van der Waals surface area contributed by atoms with Gasteiger partial charge >= 0.3 is 0 Å². The number of carbonyl (C=O) groups is 1. The van der Waals surface area contributed by atoms with E-state index in [4.69, 9.17) is 10.5 Å². The number of amides is 1. The Balaban J connectivity index is 0.00000220. The summed E-state index contributed by atoms with van der Waals surface area (Å²) in [5, 5.41) is 2.83. The van der Waals surface area contributed by atoms with Gasteiger partial charge in [0.25, 0.3) is 0 Å². The summed E-state index contributed by atoms with van der Waals surface area (Å²) in [4.78, 5) is 13.8. The molecule has 118 valence electrons. The summed E-state index contributed by atoms with van der Waals surface area (Å²) in [5.74, 6) is -0.0337. The molecular formula is C15H24ClN3O2. The van der Waals surface area contributed by atoms with Crippen molar-refractivity contribution in [2.75, 3.05) is 44.7 Å². The fourth-order valence-electron chi connectivity index (χ4n) is 2.22. The number of nitrogens with zero attached hydrogens (tertiary/aromatic N) is 1. The van der Waals surface area contributed by atoms with E-state index in [-0.39, 0.29) is 18.3 Å². The molecule has 3 N–H and O–H groups in total. The Kier molecular flexibility index (Phi) is 8.30. The van der Waals surface area contributed by atoms with E-state index in [1.807, 2.05) is 12.1 Å². The van der Waals surface area contributed by atoms with E-state index in [9.17, 15) is 4.79 Å². The zero-order valence-electron chi connectivity index (χ0n) is 12.2. The molecule has 0 unspecified atom stereocenters. The first kappa shape index (κ1) is 17.9. The molecule has 0 saturated carbocycles. The number of ether oxygens (including phenoxy) is 1. The van der Waals surface area contributed by atoms with Crippen molar-refractivity contribution in [2.45, 2.75) is 12.8 Å². The van der Waals surface area contributed by atoms with Gasteiger partial charge in [-0.1, -0.05) is 12.1 Å². The maximum absolute atomic E-state index is 11.4. The molecule has 0 radical (unpaired) electrons. The summed E-state index contributed by atoms with van der Waals surface area (Å²) < 4.78 is 5.33. The van der Waals surface area contributed by atoms with Crippen LogP contribution in [0.2, 0.25) is 0 Å². The van der Waals surface area contributed by atoms with Crippen LogP contribution in [0.4, 0.5) is 5.69 Å². The molecule has 1 saturated heterocycles. The van der Waals surface area contributed by atoms with Crippen molar-refractivity contribution in [3.8, 4) is 0 Å². The van der Waals surface area contributed by atoms with Gasteiger partial charge in [-0.05, 0) is 24.1 Å². The van der Waals surface area contributed by atoms with Gasteiger partial charge in [0.15, 0.2) is 0 Å². The SMILES string of the molecule is Cl.NCCC(=O)Nc1ccc(CCN2CCOCC2)cc1. The molecule has 1 aliphatic rings. The number of halogens is 1. The Bertz CT molecular complexity index is 419. The molecule has 1 aliphatic heterocycles. The number of rotatable bonds is 6. The van der Waals surface area contributed by atoms with Crippen LogP contribution in [0.5, 0.6) is 0 Å².